The summed E-state index contributed by atoms with van der Waals surface area (Å²) >= 11 is 3.43. The van der Waals surface area contributed by atoms with Gasteiger partial charge in [-0.1, -0.05) is 15.9 Å². The zero-order valence-electron chi connectivity index (χ0n) is 17.0. The molecule has 1 aliphatic rings. The summed E-state index contributed by atoms with van der Waals surface area (Å²) in [5.74, 6) is 1.56. The van der Waals surface area contributed by atoms with E-state index in [0.717, 1.165) is 66.6 Å². The molecule has 1 fully saturated rings. The van der Waals surface area contributed by atoms with Gasteiger partial charge in [-0.15, -0.1) is 24.0 Å². The van der Waals surface area contributed by atoms with Crippen LogP contribution in [0.1, 0.15) is 31.2 Å². The van der Waals surface area contributed by atoms with Gasteiger partial charge >= 0.3 is 0 Å². The van der Waals surface area contributed by atoms with E-state index in [1.807, 2.05) is 32.2 Å². The monoisotopic (exact) mass is 566 g/mol. The molecule has 1 aromatic carbocycles. The van der Waals surface area contributed by atoms with Crippen molar-refractivity contribution in [3.05, 3.63) is 28.2 Å². The fourth-order valence-electron chi connectivity index (χ4n) is 3.17. The van der Waals surface area contributed by atoms with Crippen molar-refractivity contribution in [2.75, 3.05) is 45.7 Å². The molecule has 0 unspecified atom stereocenters. The van der Waals surface area contributed by atoms with E-state index in [1.165, 1.54) is 0 Å². The first-order valence-corrected chi connectivity index (χ1v) is 10.3. The van der Waals surface area contributed by atoms with Gasteiger partial charge in [-0.3, -0.25) is 9.79 Å². The summed E-state index contributed by atoms with van der Waals surface area (Å²) in [6.45, 7) is 5.25. The maximum absolute atomic E-state index is 12.2. The Kier molecular flexibility index (Phi) is 12.0. The molecule has 1 saturated heterocycles. The van der Waals surface area contributed by atoms with Gasteiger partial charge in [0, 0.05) is 57.0 Å². The highest BCUT2D eigenvalue weighted by atomic mass is 127. The minimum atomic E-state index is -0.00626. The Morgan fingerprint density at radius 1 is 1.36 bits per heavy atom. The van der Waals surface area contributed by atoms with E-state index in [2.05, 4.69) is 36.5 Å². The van der Waals surface area contributed by atoms with Crippen molar-refractivity contribution in [3.63, 3.8) is 0 Å². The molecule has 0 aromatic heterocycles. The summed E-state index contributed by atoms with van der Waals surface area (Å²) in [5, 5.41) is 6.24. The highest BCUT2D eigenvalue weighted by molar-refractivity contribution is 14.0. The van der Waals surface area contributed by atoms with Crippen LogP contribution in [0.4, 0.5) is 5.69 Å². The van der Waals surface area contributed by atoms with Gasteiger partial charge in [0.15, 0.2) is 5.96 Å². The van der Waals surface area contributed by atoms with Crippen LogP contribution in [0, 0.1) is 12.8 Å². The lowest BCUT2D eigenvalue weighted by Crippen LogP contribution is -2.41. The first-order valence-electron chi connectivity index (χ1n) is 9.55. The first kappa shape index (κ1) is 25.2. The second-order valence-electron chi connectivity index (χ2n) is 7.00. The minimum absolute atomic E-state index is 0. The van der Waals surface area contributed by atoms with Gasteiger partial charge in [-0.2, -0.15) is 0 Å². The van der Waals surface area contributed by atoms with Gasteiger partial charge in [0.1, 0.15) is 0 Å². The number of aryl methyl sites for hydroxylation is 1. The van der Waals surface area contributed by atoms with Crippen molar-refractivity contribution in [2.24, 2.45) is 10.9 Å². The normalized spacial score (nSPS) is 14.9. The molecule has 28 heavy (non-hydrogen) atoms. The molecule has 0 bridgehead atoms. The Hall–Kier alpha value is -0.870. The molecule has 2 rings (SSSR count). The number of hydrogen-bond donors (Lipinski definition) is 2. The van der Waals surface area contributed by atoms with Gasteiger partial charge < -0.3 is 20.3 Å². The molecule has 1 aromatic rings. The van der Waals surface area contributed by atoms with Gasteiger partial charge in [-0.05, 0) is 55.9 Å². The molecule has 0 radical (unpaired) electrons. The molecule has 0 atom stereocenters. The topological polar surface area (TPSA) is 66.0 Å². The number of ether oxygens (including phenoxy) is 1. The summed E-state index contributed by atoms with van der Waals surface area (Å²) < 4.78 is 6.42. The van der Waals surface area contributed by atoms with E-state index in [-0.39, 0.29) is 29.9 Å². The average molecular weight is 567 g/mol. The fraction of sp³-hybridized carbons (Fsp3) is 0.600. The molecule has 6 nitrogen and oxygen atoms in total. The summed E-state index contributed by atoms with van der Waals surface area (Å²) in [5.41, 5.74) is 1.88. The average Bonchev–Trinajstić information content (AvgIpc) is 2.66. The molecule has 158 valence electrons. The number of carbonyl (C=O) groups is 1. The maximum Gasteiger partial charge on any atom is 0.226 e. The number of hydrogen-bond acceptors (Lipinski definition) is 3. The number of nitrogens with zero attached hydrogens (tertiary/aromatic N) is 2. The molecule has 1 heterocycles. The Morgan fingerprint density at radius 3 is 2.71 bits per heavy atom. The van der Waals surface area contributed by atoms with Crippen LogP contribution in [0.2, 0.25) is 0 Å². The molecule has 2 N–H and O–H groups in total. The van der Waals surface area contributed by atoms with Gasteiger partial charge in [-0.25, -0.2) is 0 Å². The van der Waals surface area contributed by atoms with Crippen molar-refractivity contribution in [2.45, 2.75) is 32.6 Å². The van der Waals surface area contributed by atoms with Crippen LogP contribution in [-0.4, -0.2) is 57.2 Å². The van der Waals surface area contributed by atoms with Crippen LogP contribution in [-0.2, 0) is 9.53 Å². The number of aliphatic imine (C=N–C) groups is 1. The number of amides is 1. The van der Waals surface area contributed by atoms with E-state index < -0.39 is 0 Å². The summed E-state index contributed by atoms with van der Waals surface area (Å²) in [6, 6.07) is 5.83. The lowest BCUT2D eigenvalue weighted by atomic mass is 9.96. The third kappa shape index (κ3) is 8.65. The second-order valence-corrected chi connectivity index (χ2v) is 7.91. The fourth-order valence-corrected chi connectivity index (χ4v) is 3.65. The highest BCUT2D eigenvalue weighted by Gasteiger charge is 2.15. The predicted octanol–water partition coefficient (Wildman–Crippen LogP) is 4.03. The van der Waals surface area contributed by atoms with E-state index in [0.29, 0.717) is 13.0 Å². The van der Waals surface area contributed by atoms with Gasteiger partial charge in [0.25, 0.3) is 0 Å². The third-order valence-electron chi connectivity index (χ3n) is 4.88. The maximum atomic E-state index is 12.2. The standard InChI is InChI=1S/C20H31BrN4O2.HI/c1-15-14-17(21)4-5-18(15)24-19(26)6-10-23-20(22-2)25(3)11-7-16-8-12-27-13-9-16;/h4-5,14,16H,6-13H2,1-3H3,(H,22,23)(H,24,26);1H. The van der Waals surface area contributed by atoms with Crippen LogP contribution in [0.3, 0.4) is 0 Å². The smallest absolute Gasteiger partial charge is 0.226 e. The summed E-state index contributed by atoms with van der Waals surface area (Å²) in [4.78, 5) is 18.7. The molecule has 0 aliphatic carbocycles. The zero-order chi connectivity index (χ0) is 19.6. The van der Waals surface area contributed by atoms with Crippen molar-refractivity contribution in [3.8, 4) is 0 Å². The largest absolute Gasteiger partial charge is 0.381 e. The first-order chi connectivity index (χ1) is 13.0. The molecule has 0 spiro atoms. The SMILES string of the molecule is CN=C(NCCC(=O)Nc1ccc(Br)cc1C)N(C)CCC1CCOCC1.I. The van der Waals surface area contributed by atoms with Crippen LogP contribution in [0.5, 0.6) is 0 Å². The zero-order valence-corrected chi connectivity index (χ0v) is 20.9. The Balaban J connectivity index is 0.00000392. The number of anilines is 1. The van der Waals surface area contributed by atoms with Crippen LogP contribution >= 0.6 is 39.9 Å². The number of rotatable bonds is 7. The number of guanidine groups is 1. The number of halogens is 2. The molecular weight excluding hydrogens is 535 g/mol. The van der Waals surface area contributed by atoms with Gasteiger partial charge in [0.05, 0.1) is 0 Å². The van der Waals surface area contributed by atoms with E-state index in [4.69, 9.17) is 4.74 Å². The van der Waals surface area contributed by atoms with E-state index in [9.17, 15) is 4.79 Å². The number of carbonyl (C=O) groups excluding carboxylic acids is 1. The van der Waals surface area contributed by atoms with Crippen molar-refractivity contribution in [1.29, 1.82) is 0 Å². The van der Waals surface area contributed by atoms with Crippen molar-refractivity contribution in [1.82, 2.24) is 10.2 Å². The van der Waals surface area contributed by atoms with Crippen molar-refractivity contribution >= 4 is 57.5 Å². The second kappa shape index (κ2) is 13.4. The predicted molar refractivity (Wildman–Crippen MR) is 130 cm³/mol. The number of benzene rings is 1. The van der Waals surface area contributed by atoms with Crippen molar-refractivity contribution < 1.29 is 9.53 Å². The molecule has 0 saturated carbocycles. The van der Waals surface area contributed by atoms with Crippen LogP contribution < -0.4 is 10.6 Å². The molecule has 8 heteroatoms. The number of nitrogens with one attached hydrogen (secondary N) is 2. The quantitative estimate of drug-likeness (QED) is 0.297. The van der Waals surface area contributed by atoms with E-state index >= 15 is 0 Å². The molecular formula is C20H32BrIN4O2. The summed E-state index contributed by atoms with van der Waals surface area (Å²) in [6.07, 6.45) is 3.83. The lowest BCUT2D eigenvalue weighted by molar-refractivity contribution is -0.116. The van der Waals surface area contributed by atoms with Gasteiger partial charge in [0.2, 0.25) is 5.91 Å². The highest BCUT2D eigenvalue weighted by Crippen LogP contribution is 2.20. The Morgan fingerprint density at radius 2 is 2.07 bits per heavy atom. The lowest BCUT2D eigenvalue weighted by Gasteiger charge is -2.26. The Bertz CT molecular complexity index is 651. The third-order valence-corrected chi connectivity index (χ3v) is 5.38. The van der Waals surface area contributed by atoms with E-state index in [1.54, 1.807) is 7.05 Å². The summed E-state index contributed by atoms with van der Waals surface area (Å²) in [7, 11) is 3.82. The van der Waals surface area contributed by atoms with Crippen LogP contribution in [0.15, 0.2) is 27.7 Å². The Labute approximate surface area is 194 Å². The minimum Gasteiger partial charge on any atom is -0.381 e. The van der Waals surface area contributed by atoms with Crippen LogP contribution in [0.25, 0.3) is 0 Å². The molecule has 1 aliphatic heterocycles. The molecule has 1 amide bonds.